The molecule has 0 saturated heterocycles. The Morgan fingerprint density at radius 2 is 1.96 bits per heavy atom. The molecule has 1 N–H and O–H groups in total. The van der Waals surface area contributed by atoms with Crippen LogP contribution in [0, 0.1) is 0 Å². The van der Waals surface area contributed by atoms with E-state index in [1.807, 2.05) is 0 Å². The van der Waals surface area contributed by atoms with Crippen LogP contribution in [0.25, 0.3) is 16.9 Å². The van der Waals surface area contributed by atoms with E-state index < -0.39 is 24.1 Å². The van der Waals surface area contributed by atoms with Crippen molar-refractivity contribution in [2.75, 3.05) is 6.79 Å². The molecule has 4 rings (SSSR count). The molecule has 3 aromatic rings. The summed E-state index contributed by atoms with van der Waals surface area (Å²) in [6, 6.07) is 7.06. The third-order valence-electron chi connectivity index (χ3n) is 4.01. The van der Waals surface area contributed by atoms with Gasteiger partial charge >= 0.3 is 12.1 Å². The number of carboxylic acid groups (broad SMARTS) is 1. The number of fused-ring (bicyclic) bond motifs is 2. The predicted molar refractivity (Wildman–Crippen MR) is 83.1 cm³/mol. The van der Waals surface area contributed by atoms with Gasteiger partial charge in [0.05, 0.1) is 23.4 Å². The number of nitrogens with zero attached hydrogens (tertiary/aromatic N) is 2. The van der Waals surface area contributed by atoms with Gasteiger partial charge < -0.3 is 19.0 Å². The van der Waals surface area contributed by atoms with E-state index in [1.54, 1.807) is 18.2 Å². The molecule has 0 amide bonds. The van der Waals surface area contributed by atoms with Crippen LogP contribution >= 0.6 is 0 Å². The minimum atomic E-state index is -4.54. The number of pyridine rings is 1. The number of carbonyl (C=O) groups is 1. The van der Waals surface area contributed by atoms with Crippen LogP contribution < -0.4 is 9.47 Å². The molecule has 9 heteroatoms. The topological polar surface area (TPSA) is 73.1 Å². The van der Waals surface area contributed by atoms with E-state index in [-0.39, 0.29) is 23.8 Å². The molecule has 134 valence electrons. The maximum absolute atomic E-state index is 13.0. The number of hydrogen-bond acceptors (Lipinski definition) is 4. The Kier molecular flexibility index (Phi) is 3.53. The SMILES string of the molecule is O=C(O)Cc1c(-c2ccc3c(c2)OCO3)nc2ccc(C(F)(F)F)cn12. The zero-order chi connectivity index (χ0) is 18.5. The second-order valence-electron chi connectivity index (χ2n) is 5.69. The maximum Gasteiger partial charge on any atom is 0.417 e. The lowest BCUT2D eigenvalue weighted by atomic mass is 10.1. The fraction of sp³-hybridized carbons (Fsp3) is 0.176. The molecule has 1 aliphatic heterocycles. The fourth-order valence-electron chi connectivity index (χ4n) is 2.85. The Hall–Kier alpha value is -3.23. The Morgan fingerprint density at radius 1 is 1.19 bits per heavy atom. The number of carboxylic acids is 1. The van der Waals surface area contributed by atoms with Crippen LogP contribution in [0.1, 0.15) is 11.3 Å². The standard InChI is InChI=1S/C17H11F3N2O4/c18-17(19,20)10-2-4-14-21-16(11(6-15(23)24)22(14)7-10)9-1-3-12-13(5-9)26-8-25-12/h1-5,7H,6,8H2,(H,23,24). The van der Waals surface area contributed by atoms with Gasteiger partial charge in [-0.25, -0.2) is 4.98 Å². The summed E-state index contributed by atoms with van der Waals surface area (Å²) in [4.78, 5) is 15.6. The predicted octanol–water partition coefficient (Wildman–Crippen LogP) is 3.38. The van der Waals surface area contributed by atoms with Gasteiger partial charge in [-0.2, -0.15) is 13.2 Å². The number of benzene rings is 1. The van der Waals surface area contributed by atoms with Gasteiger partial charge in [-0.05, 0) is 30.3 Å². The molecule has 0 fully saturated rings. The van der Waals surface area contributed by atoms with Gasteiger partial charge in [0.25, 0.3) is 0 Å². The lowest BCUT2D eigenvalue weighted by Gasteiger charge is -2.08. The number of rotatable bonds is 3. The summed E-state index contributed by atoms with van der Waals surface area (Å²) in [6.07, 6.45) is -4.17. The van der Waals surface area contributed by atoms with E-state index in [2.05, 4.69) is 4.98 Å². The van der Waals surface area contributed by atoms with Crippen molar-refractivity contribution in [2.45, 2.75) is 12.6 Å². The zero-order valence-corrected chi connectivity index (χ0v) is 13.1. The molecule has 0 spiro atoms. The third kappa shape index (κ3) is 2.71. The molecule has 3 heterocycles. The molecule has 1 aliphatic rings. The normalized spacial score (nSPS) is 13.3. The summed E-state index contributed by atoms with van der Waals surface area (Å²) in [5, 5.41) is 9.19. The van der Waals surface area contributed by atoms with Gasteiger partial charge in [0, 0.05) is 11.8 Å². The summed E-state index contributed by atoms with van der Waals surface area (Å²) in [5.74, 6) is -0.167. The van der Waals surface area contributed by atoms with Crippen molar-refractivity contribution in [1.29, 1.82) is 0 Å². The minimum absolute atomic E-state index is 0.0703. The van der Waals surface area contributed by atoms with Crippen molar-refractivity contribution in [3.63, 3.8) is 0 Å². The minimum Gasteiger partial charge on any atom is -0.481 e. The summed E-state index contributed by atoms with van der Waals surface area (Å²) < 4.78 is 50.7. The molecule has 26 heavy (non-hydrogen) atoms. The molecule has 0 unspecified atom stereocenters. The zero-order valence-electron chi connectivity index (χ0n) is 13.1. The third-order valence-corrected chi connectivity index (χ3v) is 4.01. The van der Waals surface area contributed by atoms with Crippen LogP contribution in [-0.2, 0) is 17.4 Å². The first-order valence-corrected chi connectivity index (χ1v) is 7.53. The lowest BCUT2D eigenvalue weighted by Crippen LogP contribution is -2.09. The van der Waals surface area contributed by atoms with Crippen LogP contribution in [0.4, 0.5) is 13.2 Å². The molecule has 1 aromatic carbocycles. The van der Waals surface area contributed by atoms with E-state index in [0.29, 0.717) is 17.1 Å². The first-order valence-electron chi connectivity index (χ1n) is 7.53. The smallest absolute Gasteiger partial charge is 0.417 e. The average Bonchev–Trinajstić information content (AvgIpc) is 3.17. The number of hydrogen-bond donors (Lipinski definition) is 1. The molecular formula is C17H11F3N2O4. The molecule has 0 atom stereocenters. The highest BCUT2D eigenvalue weighted by atomic mass is 19.4. The van der Waals surface area contributed by atoms with Crippen LogP contribution in [0.15, 0.2) is 36.5 Å². The van der Waals surface area contributed by atoms with Crippen molar-refractivity contribution >= 4 is 11.6 Å². The highest BCUT2D eigenvalue weighted by Crippen LogP contribution is 2.37. The van der Waals surface area contributed by atoms with Crippen molar-refractivity contribution in [3.05, 3.63) is 47.8 Å². The first kappa shape index (κ1) is 16.2. The van der Waals surface area contributed by atoms with Crippen LogP contribution in [0.5, 0.6) is 11.5 Å². The second-order valence-corrected chi connectivity index (χ2v) is 5.69. The molecule has 0 aliphatic carbocycles. The van der Waals surface area contributed by atoms with E-state index in [0.717, 1.165) is 16.7 Å². The van der Waals surface area contributed by atoms with Gasteiger partial charge in [-0.3, -0.25) is 4.79 Å². The van der Waals surface area contributed by atoms with Crippen molar-refractivity contribution in [3.8, 4) is 22.8 Å². The van der Waals surface area contributed by atoms with Gasteiger partial charge in [0.2, 0.25) is 6.79 Å². The molecular weight excluding hydrogens is 353 g/mol. The lowest BCUT2D eigenvalue weighted by molar-refractivity contribution is -0.138. The van der Waals surface area contributed by atoms with Crippen molar-refractivity contribution in [1.82, 2.24) is 9.38 Å². The maximum atomic E-state index is 13.0. The fourth-order valence-corrected chi connectivity index (χ4v) is 2.85. The van der Waals surface area contributed by atoms with E-state index in [1.165, 1.54) is 6.07 Å². The van der Waals surface area contributed by atoms with Crippen LogP contribution in [0.2, 0.25) is 0 Å². The molecule has 0 saturated carbocycles. The molecule has 2 aromatic heterocycles. The monoisotopic (exact) mass is 364 g/mol. The van der Waals surface area contributed by atoms with Gasteiger partial charge in [-0.1, -0.05) is 0 Å². The molecule has 0 bridgehead atoms. The summed E-state index contributed by atoms with van der Waals surface area (Å²) in [5.41, 5.74) is 0.304. The van der Waals surface area contributed by atoms with E-state index in [9.17, 15) is 23.1 Å². The largest absolute Gasteiger partial charge is 0.481 e. The number of alkyl halides is 3. The Labute approximate surface area is 144 Å². The number of aromatic nitrogens is 2. The van der Waals surface area contributed by atoms with Crippen LogP contribution in [0.3, 0.4) is 0 Å². The average molecular weight is 364 g/mol. The number of aliphatic carboxylic acids is 1. The molecule has 6 nitrogen and oxygen atoms in total. The van der Waals surface area contributed by atoms with E-state index in [4.69, 9.17) is 9.47 Å². The van der Waals surface area contributed by atoms with Crippen molar-refractivity contribution in [2.24, 2.45) is 0 Å². The van der Waals surface area contributed by atoms with Crippen molar-refractivity contribution < 1.29 is 32.5 Å². The summed E-state index contributed by atoms with van der Waals surface area (Å²) in [7, 11) is 0. The van der Waals surface area contributed by atoms with Gasteiger partial charge in [-0.15, -0.1) is 0 Å². The Morgan fingerprint density at radius 3 is 2.69 bits per heavy atom. The Bertz CT molecular complexity index is 1030. The summed E-state index contributed by atoms with van der Waals surface area (Å²) >= 11 is 0. The second kappa shape index (κ2) is 5.65. The Balaban J connectivity index is 1.92. The van der Waals surface area contributed by atoms with E-state index >= 15 is 0 Å². The number of ether oxygens (including phenoxy) is 2. The quantitative estimate of drug-likeness (QED) is 0.771. The summed E-state index contributed by atoms with van der Waals surface area (Å²) in [6.45, 7) is 0.0703. The highest BCUT2D eigenvalue weighted by Gasteiger charge is 2.31. The van der Waals surface area contributed by atoms with Gasteiger partial charge in [0.15, 0.2) is 11.5 Å². The first-order chi connectivity index (χ1) is 12.3. The molecule has 0 radical (unpaired) electrons. The van der Waals surface area contributed by atoms with Gasteiger partial charge in [0.1, 0.15) is 5.65 Å². The number of imidazole rings is 1. The van der Waals surface area contributed by atoms with Crippen LogP contribution in [-0.4, -0.2) is 27.3 Å². The number of halogens is 3. The highest BCUT2D eigenvalue weighted by molar-refractivity contribution is 5.77.